The number of H-pyrrole nitrogens is 1. The number of aromatic amines is 1. The highest BCUT2D eigenvalue weighted by molar-refractivity contribution is 6.05. The van der Waals surface area contributed by atoms with E-state index in [0.29, 0.717) is 0 Å². The predicted octanol–water partition coefficient (Wildman–Crippen LogP) is 4.10. The molecule has 0 unspecified atom stereocenters. The Morgan fingerprint density at radius 1 is 0.875 bits per heavy atom. The van der Waals surface area contributed by atoms with Gasteiger partial charge in [-0.05, 0) is 11.5 Å². The standard InChI is InChI=1S/C12H9N.CHN.CH4/c1-2-4-11-9(3-1)5-6-10-7-8-13-12(10)11;1-2;/h1-8,13H;1H;1H4. The maximum Gasteiger partial charge on any atom is 0.0533 e. The zero-order chi connectivity index (χ0) is 10.7. The molecule has 0 saturated carbocycles. The Bertz CT molecular complexity index is 605. The Balaban J connectivity index is 0.000000406. The normalized spacial score (nSPS) is 9.12. The molecule has 16 heavy (non-hydrogen) atoms. The third kappa shape index (κ3) is 1.76. The maximum absolute atomic E-state index is 6.50. The molecule has 0 spiro atoms. The summed E-state index contributed by atoms with van der Waals surface area (Å²) >= 11 is 0. The maximum atomic E-state index is 6.50. The third-order valence-electron chi connectivity index (χ3n) is 2.45. The van der Waals surface area contributed by atoms with Crippen LogP contribution < -0.4 is 0 Å². The monoisotopic (exact) mass is 210 g/mol. The Hall–Kier alpha value is -2.27. The van der Waals surface area contributed by atoms with Gasteiger partial charge >= 0.3 is 0 Å². The van der Waals surface area contributed by atoms with Gasteiger partial charge in [-0.3, -0.25) is 0 Å². The fourth-order valence-electron chi connectivity index (χ4n) is 1.80. The first-order valence-electron chi connectivity index (χ1n) is 4.66. The fraction of sp³-hybridized carbons (Fsp3) is 0.0714. The van der Waals surface area contributed by atoms with Gasteiger partial charge in [0.1, 0.15) is 0 Å². The quantitative estimate of drug-likeness (QED) is 0.596. The van der Waals surface area contributed by atoms with Crippen molar-refractivity contribution in [3.8, 4) is 6.57 Å². The zero-order valence-electron chi connectivity index (χ0n) is 8.14. The molecule has 1 heterocycles. The average molecular weight is 210 g/mol. The molecule has 0 fully saturated rings. The molecular weight excluding hydrogens is 196 g/mol. The fourth-order valence-corrected chi connectivity index (χ4v) is 1.80. The van der Waals surface area contributed by atoms with Gasteiger partial charge in [-0.15, -0.1) is 0 Å². The predicted molar refractivity (Wildman–Crippen MR) is 69.2 cm³/mol. The molecule has 0 atom stereocenters. The highest BCUT2D eigenvalue weighted by Gasteiger charge is 1.98. The van der Waals surface area contributed by atoms with Crippen LogP contribution in [0.3, 0.4) is 0 Å². The number of aromatic nitrogens is 1. The van der Waals surface area contributed by atoms with E-state index in [0.717, 1.165) is 0 Å². The van der Waals surface area contributed by atoms with E-state index in [1.54, 1.807) is 0 Å². The van der Waals surface area contributed by atoms with E-state index < -0.39 is 0 Å². The molecule has 0 amide bonds. The van der Waals surface area contributed by atoms with Crippen molar-refractivity contribution < 1.29 is 0 Å². The first-order chi connectivity index (χ1) is 7.45. The number of rotatable bonds is 0. The van der Waals surface area contributed by atoms with E-state index >= 15 is 0 Å². The summed E-state index contributed by atoms with van der Waals surface area (Å²) in [5, 5.41) is 10.4. The molecule has 3 rings (SSSR count). The molecule has 0 aliphatic carbocycles. The molecule has 2 nitrogen and oxygen atoms in total. The van der Waals surface area contributed by atoms with Crippen LogP contribution in [0.25, 0.3) is 21.7 Å². The van der Waals surface area contributed by atoms with Gasteiger partial charge < -0.3 is 4.98 Å². The SMILES string of the molecule is C.C#N.c1ccc2c(c1)ccc1cc[nH]c12. The Labute approximate surface area is 95.1 Å². The first-order valence-corrected chi connectivity index (χ1v) is 4.66. The summed E-state index contributed by atoms with van der Waals surface area (Å²) in [6.45, 7) is 3.50. The summed E-state index contributed by atoms with van der Waals surface area (Å²) in [5.74, 6) is 0. The van der Waals surface area contributed by atoms with E-state index in [9.17, 15) is 0 Å². The van der Waals surface area contributed by atoms with Crippen LogP contribution in [0.1, 0.15) is 7.43 Å². The second-order valence-electron chi connectivity index (χ2n) is 3.23. The zero-order valence-corrected chi connectivity index (χ0v) is 8.14. The van der Waals surface area contributed by atoms with Crippen molar-refractivity contribution in [3.05, 3.63) is 48.7 Å². The molecule has 3 aromatic rings. The number of nitrogens with one attached hydrogen (secondary N) is 1. The largest absolute Gasteiger partial charge is 0.361 e. The molecular formula is C14H14N2. The molecule has 80 valence electrons. The van der Waals surface area contributed by atoms with Crippen LogP contribution in [0.4, 0.5) is 0 Å². The van der Waals surface area contributed by atoms with Crippen LogP contribution in [0.15, 0.2) is 48.7 Å². The van der Waals surface area contributed by atoms with Gasteiger partial charge in [-0.2, -0.15) is 0 Å². The van der Waals surface area contributed by atoms with Crippen molar-refractivity contribution in [2.75, 3.05) is 0 Å². The minimum absolute atomic E-state index is 0. The molecule has 0 aliphatic heterocycles. The molecule has 0 aliphatic rings. The van der Waals surface area contributed by atoms with Crippen LogP contribution in [0, 0.1) is 11.8 Å². The van der Waals surface area contributed by atoms with Crippen LogP contribution in [0.2, 0.25) is 0 Å². The molecule has 1 aromatic heterocycles. The van der Waals surface area contributed by atoms with Crippen LogP contribution >= 0.6 is 0 Å². The van der Waals surface area contributed by atoms with Crippen molar-refractivity contribution in [1.82, 2.24) is 4.98 Å². The van der Waals surface area contributed by atoms with Crippen molar-refractivity contribution in [2.24, 2.45) is 0 Å². The number of hydrogen-bond acceptors (Lipinski definition) is 1. The Morgan fingerprint density at radius 2 is 1.56 bits per heavy atom. The van der Waals surface area contributed by atoms with E-state index in [-0.39, 0.29) is 7.43 Å². The lowest BCUT2D eigenvalue weighted by Gasteiger charge is -1.97. The van der Waals surface area contributed by atoms with Gasteiger partial charge in [-0.1, -0.05) is 43.8 Å². The minimum Gasteiger partial charge on any atom is -0.361 e. The number of fused-ring (bicyclic) bond motifs is 3. The molecule has 2 aromatic carbocycles. The Kier molecular flexibility index (Phi) is 3.68. The average Bonchev–Trinajstić information content (AvgIpc) is 2.80. The minimum atomic E-state index is 0. The van der Waals surface area contributed by atoms with Gasteiger partial charge in [0.25, 0.3) is 0 Å². The lowest BCUT2D eigenvalue weighted by molar-refractivity contribution is 1.49. The lowest BCUT2D eigenvalue weighted by Crippen LogP contribution is -1.73. The highest BCUT2D eigenvalue weighted by Crippen LogP contribution is 2.23. The van der Waals surface area contributed by atoms with Gasteiger partial charge in [-0.25, -0.2) is 5.26 Å². The second-order valence-corrected chi connectivity index (χ2v) is 3.23. The van der Waals surface area contributed by atoms with E-state index in [4.69, 9.17) is 5.26 Å². The molecule has 1 N–H and O–H groups in total. The summed E-state index contributed by atoms with van der Waals surface area (Å²) in [6, 6.07) is 14.8. The number of nitrogens with zero attached hydrogens (tertiary/aromatic N) is 1. The van der Waals surface area contributed by atoms with Gasteiger partial charge in [0, 0.05) is 23.5 Å². The smallest absolute Gasteiger partial charge is 0.0533 e. The van der Waals surface area contributed by atoms with Crippen LogP contribution in [-0.4, -0.2) is 4.98 Å². The summed E-state index contributed by atoms with van der Waals surface area (Å²) < 4.78 is 0. The summed E-state index contributed by atoms with van der Waals surface area (Å²) in [7, 11) is 0. The number of nitriles is 1. The third-order valence-corrected chi connectivity index (χ3v) is 2.45. The highest BCUT2D eigenvalue weighted by atomic mass is 14.7. The summed E-state index contributed by atoms with van der Waals surface area (Å²) in [6.07, 6.45) is 1.98. The lowest BCUT2D eigenvalue weighted by atomic mass is 10.1. The van der Waals surface area contributed by atoms with Crippen molar-refractivity contribution >= 4 is 21.7 Å². The summed E-state index contributed by atoms with van der Waals surface area (Å²) in [5.41, 5.74) is 1.23. The van der Waals surface area contributed by atoms with Crippen molar-refractivity contribution in [1.29, 1.82) is 5.26 Å². The Morgan fingerprint density at radius 3 is 2.38 bits per heavy atom. The van der Waals surface area contributed by atoms with E-state index in [1.165, 1.54) is 21.7 Å². The first kappa shape index (κ1) is 11.8. The number of benzene rings is 2. The summed E-state index contributed by atoms with van der Waals surface area (Å²) in [4.78, 5) is 3.26. The number of hydrogen-bond donors (Lipinski definition) is 1. The van der Waals surface area contributed by atoms with Crippen LogP contribution in [0.5, 0.6) is 0 Å². The molecule has 0 bridgehead atoms. The van der Waals surface area contributed by atoms with Gasteiger partial charge in [0.2, 0.25) is 0 Å². The van der Waals surface area contributed by atoms with E-state index in [2.05, 4.69) is 54.0 Å². The van der Waals surface area contributed by atoms with E-state index in [1.807, 2.05) is 6.20 Å². The molecule has 0 saturated heterocycles. The van der Waals surface area contributed by atoms with Gasteiger partial charge in [0.05, 0.1) is 5.52 Å². The van der Waals surface area contributed by atoms with Crippen molar-refractivity contribution in [3.63, 3.8) is 0 Å². The topological polar surface area (TPSA) is 39.6 Å². The van der Waals surface area contributed by atoms with Gasteiger partial charge in [0.15, 0.2) is 0 Å². The molecule has 2 heteroatoms. The second kappa shape index (κ2) is 4.99. The van der Waals surface area contributed by atoms with Crippen LogP contribution in [-0.2, 0) is 0 Å². The molecule has 0 radical (unpaired) electrons. The van der Waals surface area contributed by atoms with Crippen molar-refractivity contribution in [2.45, 2.75) is 7.43 Å².